The first kappa shape index (κ1) is 21.8. The summed E-state index contributed by atoms with van der Waals surface area (Å²) in [4.78, 5) is 26.7. The highest BCUT2D eigenvalue weighted by molar-refractivity contribution is 6.06. The first-order valence-corrected chi connectivity index (χ1v) is 11.0. The summed E-state index contributed by atoms with van der Waals surface area (Å²) in [6.45, 7) is 6.76. The van der Waals surface area contributed by atoms with Gasteiger partial charge in [-0.25, -0.2) is 4.68 Å². The van der Waals surface area contributed by atoms with Crippen LogP contribution in [0.4, 0.5) is 5.69 Å². The topological polar surface area (TPSA) is 64.4 Å². The van der Waals surface area contributed by atoms with E-state index in [0.29, 0.717) is 18.4 Å². The van der Waals surface area contributed by atoms with Crippen LogP contribution in [0.3, 0.4) is 0 Å². The Hall–Kier alpha value is -3.41. The molecule has 166 valence electrons. The summed E-state index contributed by atoms with van der Waals surface area (Å²) in [5.41, 5.74) is 7.97. The Labute approximate surface area is 188 Å². The second kappa shape index (κ2) is 8.99. The van der Waals surface area contributed by atoms with Crippen LogP contribution in [-0.2, 0) is 22.4 Å². The predicted molar refractivity (Wildman–Crippen MR) is 125 cm³/mol. The minimum Gasteiger partial charge on any atom is -0.469 e. The maximum atomic E-state index is 13.3. The highest BCUT2D eigenvalue weighted by atomic mass is 16.5. The molecule has 6 nitrogen and oxygen atoms in total. The van der Waals surface area contributed by atoms with Crippen LogP contribution in [0.2, 0.25) is 0 Å². The first-order chi connectivity index (χ1) is 15.4. The fourth-order valence-electron chi connectivity index (χ4n) is 4.46. The second-order valence-corrected chi connectivity index (χ2v) is 8.38. The molecular weight excluding hydrogens is 402 g/mol. The van der Waals surface area contributed by atoms with E-state index in [1.165, 1.54) is 18.2 Å². The molecule has 0 fully saturated rings. The maximum absolute atomic E-state index is 13.3. The van der Waals surface area contributed by atoms with E-state index in [1.54, 1.807) is 0 Å². The Morgan fingerprint density at radius 2 is 1.81 bits per heavy atom. The van der Waals surface area contributed by atoms with Gasteiger partial charge in [-0.2, -0.15) is 5.10 Å². The standard InChI is InChI=1S/C26H29N3O3/c1-17-7-13-24-21(16-17)6-5-15-28(24)26(31)20-8-10-22(11-9-20)29-19(3)23(18(2)27-29)12-14-25(30)32-4/h7-11,13,16H,5-6,12,14-15H2,1-4H3. The maximum Gasteiger partial charge on any atom is 0.305 e. The van der Waals surface area contributed by atoms with Gasteiger partial charge in [0.15, 0.2) is 0 Å². The zero-order valence-corrected chi connectivity index (χ0v) is 19.1. The van der Waals surface area contributed by atoms with E-state index in [-0.39, 0.29) is 11.9 Å². The summed E-state index contributed by atoms with van der Waals surface area (Å²) in [6.07, 6.45) is 2.90. The quantitative estimate of drug-likeness (QED) is 0.558. The molecule has 0 saturated carbocycles. The number of carbonyl (C=O) groups excluding carboxylic acids is 2. The van der Waals surface area contributed by atoms with E-state index < -0.39 is 0 Å². The van der Waals surface area contributed by atoms with E-state index in [1.807, 2.05) is 47.7 Å². The third kappa shape index (κ3) is 4.17. The van der Waals surface area contributed by atoms with Gasteiger partial charge in [0.1, 0.15) is 0 Å². The van der Waals surface area contributed by atoms with Crippen molar-refractivity contribution in [2.24, 2.45) is 0 Å². The van der Waals surface area contributed by atoms with Crippen molar-refractivity contribution in [1.82, 2.24) is 9.78 Å². The lowest BCUT2D eigenvalue weighted by atomic mass is 9.99. The Kier molecular flexibility index (Phi) is 6.12. The number of rotatable bonds is 5. The van der Waals surface area contributed by atoms with Gasteiger partial charge < -0.3 is 9.64 Å². The van der Waals surface area contributed by atoms with Gasteiger partial charge in [-0.05, 0) is 81.5 Å². The van der Waals surface area contributed by atoms with E-state index in [4.69, 9.17) is 4.74 Å². The number of hydrogen-bond donors (Lipinski definition) is 0. The highest BCUT2D eigenvalue weighted by Gasteiger charge is 2.24. The van der Waals surface area contributed by atoms with Crippen molar-refractivity contribution < 1.29 is 14.3 Å². The van der Waals surface area contributed by atoms with Crippen molar-refractivity contribution in [3.63, 3.8) is 0 Å². The zero-order chi connectivity index (χ0) is 22.8. The predicted octanol–water partition coefficient (Wildman–Crippen LogP) is 4.50. The number of carbonyl (C=O) groups is 2. The molecule has 0 bridgehead atoms. The van der Waals surface area contributed by atoms with Crippen LogP contribution in [0.25, 0.3) is 5.69 Å². The molecule has 0 saturated heterocycles. The fourth-order valence-corrected chi connectivity index (χ4v) is 4.46. The minimum atomic E-state index is -0.228. The fraction of sp³-hybridized carbons (Fsp3) is 0.346. The summed E-state index contributed by atoms with van der Waals surface area (Å²) >= 11 is 0. The lowest BCUT2D eigenvalue weighted by Crippen LogP contribution is -2.35. The molecule has 0 N–H and O–H groups in total. The highest BCUT2D eigenvalue weighted by Crippen LogP contribution is 2.29. The van der Waals surface area contributed by atoms with Crippen molar-refractivity contribution >= 4 is 17.6 Å². The number of benzene rings is 2. The van der Waals surface area contributed by atoms with E-state index >= 15 is 0 Å². The molecule has 0 spiro atoms. The molecule has 1 aromatic heterocycles. The van der Waals surface area contributed by atoms with Crippen LogP contribution in [0.15, 0.2) is 42.5 Å². The Morgan fingerprint density at radius 3 is 2.53 bits per heavy atom. The lowest BCUT2D eigenvalue weighted by Gasteiger charge is -2.30. The molecule has 0 unspecified atom stereocenters. The normalized spacial score (nSPS) is 13.1. The van der Waals surface area contributed by atoms with Gasteiger partial charge in [0.2, 0.25) is 0 Å². The Bertz CT molecular complexity index is 1160. The molecule has 2 heterocycles. The van der Waals surface area contributed by atoms with Gasteiger partial charge in [-0.3, -0.25) is 9.59 Å². The molecule has 1 aliphatic rings. The minimum absolute atomic E-state index is 0.0217. The van der Waals surface area contributed by atoms with Gasteiger partial charge >= 0.3 is 5.97 Å². The molecule has 1 aliphatic heterocycles. The number of methoxy groups -OCH3 is 1. The average molecular weight is 432 g/mol. The SMILES string of the molecule is COC(=O)CCc1c(C)nn(-c2ccc(C(=O)N3CCCc4cc(C)ccc43)cc2)c1C. The number of esters is 1. The van der Waals surface area contributed by atoms with Crippen LogP contribution in [0.1, 0.15) is 51.3 Å². The first-order valence-electron chi connectivity index (χ1n) is 11.0. The molecule has 3 aromatic rings. The molecule has 32 heavy (non-hydrogen) atoms. The zero-order valence-electron chi connectivity index (χ0n) is 19.1. The van der Waals surface area contributed by atoms with Gasteiger partial charge in [0.25, 0.3) is 5.91 Å². The molecule has 0 aliphatic carbocycles. The van der Waals surface area contributed by atoms with Crippen LogP contribution < -0.4 is 4.90 Å². The summed E-state index contributed by atoms with van der Waals surface area (Å²) in [7, 11) is 1.40. The van der Waals surface area contributed by atoms with Gasteiger partial charge in [-0.1, -0.05) is 17.7 Å². The van der Waals surface area contributed by atoms with Crippen molar-refractivity contribution in [1.29, 1.82) is 0 Å². The molecule has 6 heteroatoms. The lowest BCUT2D eigenvalue weighted by molar-refractivity contribution is -0.140. The molecule has 1 amide bonds. The number of fused-ring (bicyclic) bond motifs is 1. The average Bonchev–Trinajstić information content (AvgIpc) is 3.09. The van der Waals surface area contributed by atoms with Gasteiger partial charge in [-0.15, -0.1) is 0 Å². The molecule has 0 atom stereocenters. The number of nitrogens with zero attached hydrogens (tertiary/aromatic N) is 3. The smallest absolute Gasteiger partial charge is 0.305 e. The molecule has 4 rings (SSSR count). The van der Waals surface area contributed by atoms with Crippen molar-refractivity contribution in [3.8, 4) is 5.69 Å². The summed E-state index contributed by atoms with van der Waals surface area (Å²) in [5, 5.41) is 4.66. The summed E-state index contributed by atoms with van der Waals surface area (Å²) < 4.78 is 6.62. The monoisotopic (exact) mass is 431 g/mol. The number of amides is 1. The van der Waals surface area contributed by atoms with Crippen LogP contribution in [0.5, 0.6) is 0 Å². The van der Waals surface area contributed by atoms with Gasteiger partial charge in [0.05, 0.1) is 18.5 Å². The number of hydrogen-bond acceptors (Lipinski definition) is 4. The van der Waals surface area contributed by atoms with Gasteiger partial charge in [0, 0.05) is 29.9 Å². The Balaban J connectivity index is 1.56. The summed E-state index contributed by atoms with van der Waals surface area (Å²) in [5.74, 6) is -0.206. The number of ether oxygens (including phenoxy) is 1. The van der Waals surface area contributed by atoms with E-state index in [2.05, 4.69) is 30.2 Å². The Morgan fingerprint density at radius 1 is 1.06 bits per heavy atom. The third-order valence-electron chi connectivity index (χ3n) is 6.21. The van der Waals surface area contributed by atoms with E-state index in [0.717, 1.165) is 47.7 Å². The number of aromatic nitrogens is 2. The van der Waals surface area contributed by atoms with Crippen molar-refractivity contribution in [2.75, 3.05) is 18.6 Å². The van der Waals surface area contributed by atoms with Crippen LogP contribution in [0, 0.1) is 20.8 Å². The molecule has 2 aromatic carbocycles. The summed E-state index contributed by atoms with van der Waals surface area (Å²) in [6, 6.07) is 13.9. The second-order valence-electron chi connectivity index (χ2n) is 8.38. The largest absolute Gasteiger partial charge is 0.469 e. The number of anilines is 1. The number of aryl methyl sites for hydroxylation is 3. The third-order valence-corrected chi connectivity index (χ3v) is 6.21. The molecular formula is C26H29N3O3. The van der Waals surface area contributed by atoms with E-state index in [9.17, 15) is 9.59 Å². The van der Waals surface area contributed by atoms with Crippen molar-refractivity contribution in [3.05, 3.63) is 76.1 Å². The van der Waals surface area contributed by atoms with Crippen LogP contribution >= 0.6 is 0 Å². The van der Waals surface area contributed by atoms with Crippen molar-refractivity contribution in [2.45, 2.75) is 46.5 Å². The molecule has 0 radical (unpaired) electrons. The van der Waals surface area contributed by atoms with Crippen LogP contribution in [-0.4, -0.2) is 35.3 Å².